The number of hydrogen-bond donors (Lipinski definition) is 3. The van der Waals surface area contributed by atoms with Gasteiger partial charge in [-0.05, 0) is 5.92 Å². The minimum Gasteiger partial charge on any atom is -0.480 e. The second-order valence-electron chi connectivity index (χ2n) is 3.57. The Bertz CT molecular complexity index is 203. The van der Waals surface area contributed by atoms with E-state index in [9.17, 15) is 9.59 Å². The third-order valence-corrected chi connectivity index (χ3v) is 1.64. The van der Waals surface area contributed by atoms with Crippen molar-refractivity contribution in [2.24, 2.45) is 5.92 Å². The molecule has 0 saturated heterocycles. The van der Waals surface area contributed by atoms with Gasteiger partial charge in [0.25, 0.3) is 0 Å². The Labute approximate surface area is 83.1 Å². The largest absolute Gasteiger partial charge is 0.480 e. The number of carbonyl (C=O) groups is 2. The fourth-order valence-corrected chi connectivity index (χ4v) is 1.01. The number of carboxylic acids is 1. The van der Waals surface area contributed by atoms with Gasteiger partial charge in [0.1, 0.15) is 6.04 Å². The Morgan fingerprint density at radius 3 is 2.29 bits per heavy atom. The zero-order valence-corrected chi connectivity index (χ0v) is 8.49. The molecule has 0 fully saturated rings. The van der Waals surface area contributed by atoms with Crippen LogP contribution in [-0.4, -0.2) is 34.7 Å². The number of rotatable bonds is 6. The smallest absolute Gasteiger partial charge is 0.326 e. The standard InChI is InChI=1S/C9H17NO4/c1-6(2)5-8(12)10-7(3-4-11)9(13)14/h6-7,11H,3-5H2,1-2H3,(H,10,12)(H,13,14)/t7-/m1/s1. The van der Waals surface area contributed by atoms with E-state index in [1.165, 1.54) is 0 Å². The van der Waals surface area contributed by atoms with Crippen LogP contribution in [0.25, 0.3) is 0 Å². The van der Waals surface area contributed by atoms with Gasteiger partial charge in [0.2, 0.25) is 5.91 Å². The van der Waals surface area contributed by atoms with Crippen LogP contribution in [0.2, 0.25) is 0 Å². The second-order valence-corrected chi connectivity index (χ2v) is 3.57. The summed E-state index contributed by atoms with van der Waals surface area (Å²) in [7, 11) is 0. The molecule has 1 atom stereocenters. The molecule has 0 spiro atoms. The summed E-state index contributed by atoms with van der Waals surface area (Å²) in [6, 6.07) is -0.980. The topological polar surface area (TPSA) is 86.6 Å². The van der Waals surface area contributed by atoms with Crippen LogP contribution in [-0.2, 0) is 9.59 Å². The van der Waals surface area contributed by atoms with E-state index in [-0.39, 0.29) is 24.9 Å². The van der Waals surface area contributed by atoms with Crippen LogP contribution >= 0.6 is 0 Å². The van der Waals surface area contributed by atoms with Crippen molar-refractivity contribution in [3.8, 4) is 0 Å². The Morgan fingerprint density at radius 1 is 1.36 bits per heavy atom. The lowest BCUT2D eigenvalue weighted by Gasteiger charge is -2.13. The molecule has 5 heteroatoms. The van der Waals surface area contributed by atoms with Crippen molar-refractivity contribution in [1.82, 2.24) is 5.32 Å². The lowest BCUT2D eigenvalue weighted by molar-refractivity contribution is -0.142. The maximum absolute atomic E-state index is 11.2. The quantitative estimate of drug-likeness (QED) is 0.566. The van der Waals surface area contributed by atoms with E-state index in [4.69, 9.17) is 10.2 Å². The number of aliphatic hydroxyl groups is 1. The number of amides is 1. The summed E-state index contributed by atoms with van der Waals surface area (Å²) in [4.78, 5) is 21.8. The van der Waals surface area contributed by atoms with Crippen LogP contribution < -0.4 is 5.32 Å². The third kappa shape index (κ3) is 5.53. The van der Waals surface area contributed by atoms with Crippen molar-refractivity contribution in [3.63, 3.8) is 0 Å². The van der Waals surface area contributed by atoms with Gasteiger partial charge in [-0.25, -0.2) is 4.79 Å². The highest BCUT2D eigenvalue weighted by molar-refractivity contribution is 5.83. The molecule has 0 aromatic heterocycles. The van der Waals surface area contributed by atoms with E-state index in [1.54, 1.807) is 0 Å². The van der Waals surface area contributed by atoms with Crippen LogP contribution in [0.15, 0.2) is 0 Å². The first-order valence-corrected chi connectivity index (χ1v) is 4.60. The summed E-state index contributed by atoms with van der Waals surface area (Å²) in [5.74, 6) is -1.21. The molecule has 0 aliphatic heterocycles. The third-order valence-electron chi connectivity index (χ3n) is 1.64. The van der Waals surface area contributed by atoms with E-state index in [0.29, 0.717) is 6.42 Å². The zero-order chi connectivity index (χ0) is 11.1. The number of carboxylic acid groups (broad SMARTS) is 1. The molecular weight excluding hydrogens is 186 g/mol. The fourth-order valence-electron chi connectivity index (χ4n) is 1.01. The molecule has 14 heavy (non-hydrogen) atoms. The van der Waals surface area contributed by atoms with Crippen molar-refractivity contribution in [1.29, 1.82) is 0 Å². The van der Waals surface area contributed by atoms with Crippen LogP contribution in [0.4, 0.5) is 0 Å². The Hall–Kier alpha value is -1.10. The molecule has 0 aliphatic rings. The normalized spacial score (nSPS) is 12.6. The van der Waals surface area contributed by atoms with Gasteiger partial charge in [-0.3, -0.25) is 4.79 Å². The molecule has 0 aromatic carbocycles. The first-order valence-electron chi connectivity index (χ1n) is 4.60. The fraction of sp³-hybridized carbons (Fsp3) is 0.778. The summed E-state index contributed by atoms with van der Waals surface area (Å²) in [5.41, 5.74) is 0. The highest BCUT2D eigenvalue weighted by Gasteiger charge is 2.19. The summed E-state index contributed by atoms with van der Waals surface area (Å²) < 4.78 is 0. The summed E-state index contributed by atoms with van der Waals surface area (Å²) in [6.45, 7) is 3.50. The van der Waals surface area contributed by atoms with Gasteiger partial charge >= 0.3 is 5.97 Å². The summed E-state index contributed by atoms with van der Waals surface area (Å²) in [5, 5.41) is 19.6. The van der Waals surface area contributed by atoms with Gasteiger partial charge in [-0.2, -0.15) is 0 Å². The Kier molecular flexibility index (Phi) is 5.87. The number of nitrogens with one attached hydrogen (secondary N) is 1. The van der Waals surface area contributed by atoms with Crippen LogP contribution in [0.5, 0.6) is 0 Å². The molecule has 0 heterocycles. The molecular formula is C9H17NO4. The maximum atomic E-state index is 11.2. The predicted molar refractivity (Wildman–Crippen MR) is 50.7 cm³/mol. The summed E-state index contributed by atoms with van der Waals surface area (Å²) in [6.07, 6.45) is 0.342. The summed E-state index contributed by atoms with van der Waals surface area (Å²) >= 11 is 0. The average molecular weight is 203 g/mol. The second kappa shape index (κ2) is 6.37. The van der Waals surface area contributed by atoms with Crippen molar-refractivity contribution in [3.05, 3.63) is 0 Å². The monoisotopic (exact) mass is 203 g/mol. The van der Waals surface area contributed by atoms with Crippen molar-refractivity contribution in [2.75, 3.05) is 6.61 Å². The zero-order valence-electron chi connectivity index (χ0n) is 8.49. The van der Waals surface area contributed by atoms with Crippen LogP contribution in [0, 0.1) is 5.92 Å². The van der Waals surface area contributed by atoms with E-state index in [1.807, 2.05) is 13.8 Å². The first kappa shape index (κ1) is 12.9. The van der Waals surface area contributed by atoms with Crippen molar-refractivity contribution >= 4 is 11.9 Å². The number of aliphatic carboxylic acids is 1. The van der Waals surface area contributed by atoms with Gasteiger partial charge < -0.3 is 15.5 Å². The highest BCUT2D eigenvalue weighted by Crippen LogP contribution is 2.00. The van der Waals surface area contributed by atoms with Crippen LogP contribution in [0.1, 0.15) is 26.7 Å². The number of hydrogen-bond acceptors (Lipinski definition) is 3. The minimum atomic E-state index is -1.11. The SMILES string of the molecule is CC(C)CC(=O)N[C@H](CCO)C(=O)O. The first-order chi connectivity index (χ1) is 6.47. The molecule has 0 radical (unpaired) electrons. The Morgan fingerprint density at radius 2 is 1.93 bits per heavy atom. The van der Waals surface area contributed by atoms with E-state index in [0.717, 1.165) is 0 Å². The molecule has 1 amide bonds. The Balaban J connectivity index is 4.02. The molecule has 0 rings (SSSR count). The van der Waals surface area contributed by atoms with Gasteiger partial charge in [-0.1, -0.05) is 13.8 Å². The molecule has 3 N–H and O–H groups in total. The van der Waals surface area contributed by atoms with E-state index < -0.39 is 12.0 Å². The number of aliphatic hydroxyl groups excluding tert-OH is 1. The van der Waals surface area contributed by atoms with Gasteiger partial charge in [0.15, 0.2) is 0 Å². The molecule has 0 unspecified atom stereocenters. The average Bonchev–Trinajstić information content (AvgIpc) is 2.01. The molecule has 5 nitrogen and oxygen atoms in total. The highest BCUT2D eigenvalue weighted by atomic mass is 16.4. The van der Waals surface area contributed by atoms with Gasteiger partial charge in [0, 0.05) is 19.4 Å². The minimum absolute atomic E-state index is 0.0408. The maximum Gasteiger partial charge on any atom is 0.326 e. The van der Waals surface area contributed by atoms with Crippen molar-refractivity contribution in [2.45, 2.75) is 32.7 Å². The molecule has 0 bridgehead atoms. The van der Waals surface area contributed by atoms with Gasteiger partial charge in [0.05, 0.1) is 0 Å². The molecule has 0 aromatic rings. The van der Waals surface area contributed by atoms with Gasteiger partial charge in [-0.15, -0.1) is 0 Å². The lowest BCUT2D eigenvalue weighted by atomic mass is 10.1. The predicted octanol–water partition coefficient (Wildman–Crippen LogP) is -0.0157. The van der Waals surface area contributed by atoms with E-state index >= 15 is 0 Å². The van der Waals surface area contributed by atoms with Crippen LogP contribution in [0.3, 0.4) is 0 Å². The van der Waals surface area contributed by atoms with Crippen molar-refractivity contribution < 1.29 is 19.8 Å². The molecule has 0 aliphatic carbocycles. The lowest BCUT2D eigenvalue weighted by Crippen LogP contribution is -2.41. The molecule has 0 saturated carbocycles. The number of carbonyl (C=O) groups excluding carboxylic acids is 1. The van der Waals surface area contributed by atoms with E-state index in [2.05, 4.69) is 5.32 Å². The molecule has 82 valence electrons.